The number of hydrogen-bond donors (Lipinski definition) is 5. The second-order valence-electron chi connectivity index (χ2n) is 24.4. The van der Waals surface area contributed by atoms with Crippen LogP contribution in [0.25, 0.3) is 11.1 Å². The number of amides is 7. The first-order valence-corrected chi connectivity index (χ1v) is 29.8. The van der Waals surface area contributed by atoms with Crippen molar-refractivity contribution in [2.45, 2.75) is 169 Å². The van der Waals surface area contributed by atoms with Gasteiger partial charge in [0.1, 0.15) is 35.4 Å². The normalized spacial score (nSPS) is 14.2. The van der Waals surface area contributed by atoms with Crippen molar-refractivity contribution in [3.63, 3.8) is 0 Å². The van der Waals surface area contributed by atoms with Crippen LogP contribution in [0, 0.1) is 23.0 Å². The lowest BCUT2D eigenvalue weighted by Crippen LogP contribution is -2.47. The molecule has 0 spiro atoms. The Hall–Kier alpha value is -8.30. The molecule has 5 atom stereocenters. The van der Waals surface area contributed by atoms with Crippen LogP contribution in [0.5, 0.6) is 0 Å². The van der Waals surface area contributed by atoms with E-state index in [1.54, 1.807) is 58.7 Å². The number of imide groups is 1. The largest absolute Gasteiger partial charge is 0.490 e. The minimum atomic E-state index is -5.08. The summed E-state index contributed by atoms with van der Waals surface area (Å²) in [6.45, 7) is 18.2. The molecule has 0 radical (unpaired) electrons. The Labute approximate surface area is 522 Å². The highest BCUT2D eigenvalue weighted by molar-refractivity contribution is 7.99. The summed E-state index contributed by atoms with van der Waals surface area (Å²) in [5, 5.41) is 14.7. The fourth-order valence-corrected chi connectivity index (χ4v) is 9.80. The van der Waals surface area contributed by atoms with E-state index >= 15 is 4.39 Å². The summed E-state index contributed by atoms with van der Waals surface area (Å²) in [6.07, 6.45) is -2.82. The maximum Gasteiger partial charge on any atom is 0.490 e. The Balaban J connectivity index is 0.00000284. The van der Waals surface area contributed by atoms with Crippen molar-refractivity contribution in [2.75, 3.05) is 24.6 Å². The fourth-order valence-electron chi connectivity index (χ4n) is 8.98. The molecule has 0 fully saturated rings. The molecule has 2 heterocycles. The molecule has 0 bridgehead atoms. The van der Waals surface area contributed by atoms with E-state index in [9.17, 15) is 70.3 Å². The molecule has 0 saturated heterocycles. The summed E-state index contributed by atoms with van der Waals surface area (Å²) in [5.41, 5.74) is 4.77. The number of carboxylic acid groups (broad SMARTS) is 1. The van der Waals surface area contributed by atoms with Gasteiger partial charge in [-0.25, -0.2) is 18.4 Å². The monoisotopic (exact) mass is 1290 g/mol. The summed E-state index contributed by atoms with van der Waals surface area (Å²) in [7, 11) is 0. The lowest BCUT2D eigenvalue weighted by atomic mass is 9.82. The standard InChI is InChI=1S/C60H79F2N7O13S.C2HF3O2/c1-36(27-47(71)37(2)64-50(74)34-69-51(75)22-23-52(69)76)56(79)66-43(30-48(63)72)46(70)19-15-16-25-68(53(77)35-83-26-24-49(73)65-44(57(80)82-60(9,10)11)31-54(78)81-59(6,7)8)55(58(3,4)5)45-28-39(41-29-40(61)20-21-42(41)62)33-67(45)32-38-17-13-12-14-18-38;3-2(4,5)1(6)7/h12-14,17-18,20-23,28-29,33,36-37,43-44,55H,15-16,19,24-27,30-32,34-35H2,1-11H3,(H2,63,72)(H,64,74)(H,65,73)(H,66,79);(H,6,7)/t36-,37-,43-,44+,55-;/m0./s1. The third kappa shape index (κ3) is 26.0. The molecular formula is C62H80F5N7O15S. The van der Waals surface area contributed by atoms with Crippen LogP contribution in [0.4, 0.5) is 22.0 Å². The molecule has 22 nitrogen and oxygen atoms in total. The zero-order valence-corrected chi connectivity index (χ0v) is 53.0. The van der Waals surface area contributed by atoms with Crippen molar-refractivity contribution in [3.8, 4) is 11.1 Å². The highest BCUT2D eigenvalue weighted by atomic mass is 32.2. The number of primary amides is 1. The highest BCUT2D eigenvalue weighted by Crippen LogP contribution is 2.42. The predicted octanol–water partition coefficient (Wildman–Crippen LogP) is 6.84. The summed E-state index contributed by atoms with van der Waals surface area (Å²) in [4.78, 5) is 154. The first-order chi connectivity index (χ1) is 41.6. The smallest absolute Gasteiger partial charge is 0.475 e. The number of carbonyl (C=O) groups is 12. The number of nitrogens with one attached hydrogen (secondary N) is 3. The molecule has 4 rings (SSSR count). The van der Waals surface area contributed by atoms with Crippen LogP contribution in [-0.4, -0.2) is 150 Å². The van der Waals surface area contributed by atoms with Crippen molar-refractivity contribution in [1.82, 2.24) is 30.3 Å². The van der Waals surface area contributed by atoms with Crippen LogP contribution in [-0.2, 0) is 73.6 Å². The molecule has 0 saturated carbocycles. The van der Waals surface area contributed by atoms with Gasteiger partial charge in [0.15, 0.2) is 11.6 Å². The number of thioether (sulfide) groups is 1. The van der Waals surface area contributed by atoms with E-state index in [0.29, 0.717) is 16.2 Å². The number of alkyl halides is 3. The minimum Gasteiger partial charge on any atom is -0.475 e. The molecule has 6 N–H and O–H groups in total. The van der Waals surface area contributed by atoms with E-state index in [1.807, 2.05) is 55.7 Å². The number of ether oxygens (including phenoxy) is 2. The number of ketones is 2. The van der Waals surface area contributed by atoms with E-state index in [1.165, 1.54) is 13.8 Å². The third-order valence-corrected chi connectivity index (χ3v) is 14.0. The Morgan fingerprint density at radius 2 is 1.32 bits per heavy atom. The van der Waals surface area contributed by atoms with Crippen molar-refractivity contribution < 1.29 is 94.1 Å². The van der Waals surface area contributed by atoms with E-state index in [0.717, 1.165) is 47.7 Å². The number of halogens is 5. The average molecular weight is 1290 g/mol. The summed E-state index contributed by atoms with van der Waals surface area (Å²) in [6, 6.07) is 9.63. The summed E-state index contributed by atoms with van der Waals surface area (Å²) < 4.78 is 74.8. The number of esters is 2. The summed E-state index contributed by atoms with van der Waals surface area (Å²) in [5.74, 6) is -12.7. The number of aliphatic carboxylic acids is 1. The van der Waals surface area contributed by atoms with E-state index in [4.69, 9.17) is 25.1 Å². The van der Waals surface area contributed by atoms with Crippen molar-refractivity contribution >= 4 is 82.6 Å². The molecule has 0 aliphatic carbocycles. The third-order valence-electron chi connectivity index (χ3n) is 13.1. The molecule has 90 heavy (non-hydrogen) atoms. The van der Waals surface area contributed by atoms with Gasteiger partial charge in [0.2, 0.25) is 29.5 Å². The number of nitrogens with zero attached hydrogens (tertiary/aromatic N) is 3. The minimum absolute atomic E-state index is 0.00155. The van der Waals surface area contributed by atoms with Crippen LogP contribution in [0.3, 0.4) is 0 Å². The molecule has 7 amide bonds. The number of Topliss-reactive ketones (excluding diaryl/α,β-unsaturated/α-hetero) is 2. The number of carbonyl (C=O) groups excluding carboxylic acids is 11. The SMILES string of the molecule is C[C@H](NC(=O)CN1C(=O)C=CC1=O)C(=O)C[C@H](C)C(=O)N[C@@H](CC(N)=O)C(=O)CCCCN(C(=O)CSCCC(=O)N[C@H](CC(=O)OC(C)(C)C)C(=O)OC(C)(C)C)[C@@H](c1cc(-c2cc(F)ccc2F)cn1Cc1ccccc1)C(C)(C)C.O=C(O)C(F)(F)F. The van der Waals surface area contributed by atoms with Gasteiger partial charge in [-0.3, -0.25) is 52.8 Å². The van der Waals surface area contributed by atoms with Crippen LogP contribution >= 0.6 is 11.8 Å². The number of rotatable bonds is 30. The molecule has 1 aliphatic rings. The van der Waals surface area contributed by atoms with Crippen LogP contribution in [0.2, 0.25) is 0 Å². The molecule has 1 aliphatic heterocycles. The van der Waals surface area contributed by atoms with E-state index in [2.05, 4.69) is 16.0 Å². The van der Waals surface area contributed by atoms with Crippen molar-refractivity contribution in [3.05, 3.63) is 95.8 Å². The van der Waals surface area contributed by atoms with Gasteiger partial charge in [0, 0.05) is 79.2 Å². The number of aromatic nitrogens is 1. The lowest BCUT2D eigenvalue weighted by molar-refractivity contribution is -0.192. The average Bonchev–Trinajstić information content (AvgIpc) is 1.69. The van der Waals surface area contributed by atoms with Crippen molar-refractivity contribution in [1.29, 1.82) is 0 Å². The highest BCUT2D eigenvalue weighted by Gasteiger charge is 2.40. The first-order valence-electron chi connectivity index (χ1n) is 28.6. The number of hydrogen-bond acceptors (Lipinski definition) is 15. The maximum atomic E-state index is 15.5. The van der Waals surface area contributed by atoms with Gasteiger partial charge in [-0.2, -0.15) is 24.9 Å². The molecule has 28 heteroatoms. The van der Waals surface area contributed by atoms with Gasteiger partial charge in [0.05, 0.1) is 36.7 Å². The molecule has 0 unspecified atom stereocenters. The molecule has 1 aromatic heterocycles. The second kappa shape index (κ2) is 33.5. The van der Waals surface area contributed by atoms with Gasteiger partial charge >= 0.3 is 24.1 Å². The van der Waals surface area contributed by atoms with Crippen LogP contribution in [0.1, 0.15) is 138 Å². The van der Waals surface area contributed by atoms with E-state index in [-0.39, 0.29) is 61.7 Å². The molecule has 494 valence electrons. The maximum absolute atomic E-state index is 15.5. The van der Waals surface area contributed by atoms with Crippen LogP contribution in [0.15, 0.2) is 72.9 Å². The fraction of sp³-hybridized carbons (Fsp3) is 0.516. The van der Waals surface area contributed by atoms with Gasteiger partial charge in [-0.1, -0.05) is 58.0 Å². The first kappa shape index (κ1) is 75.9. The van der Waals surface area contributed by atoms with Gasteiger partial charge < -0.3 is 45.7 Å². The Kier molecular flexibility index (Phi) is 28.3. The van der Waals surface area contributed by atoms with Gasteiger partial charge in [0.25, 0.3) is 11.8 Å². The number of benzene rings is 2. The Morgan fingerprint density at radius 1 is 0.722 bits per heavy atom. The van der Waals surface area contributed by atoms with Gasteiger partial charge in [-0.05, 0) is 96.6 Å². The molecular weight excluding hydrogens is 1210 g/mol. The van der Waals surface area contributed by atoms with Crippen LogP contribution < -0.4 is 21.7 Å². The molecule has 2 aromatic carbocycles. The summed E-state index contributed by atoms with van der Waals surface area (Å²) >= 11 is 1.13. The number of unbranched alkanes of at least 4 members (excludes halogenated alkanes) is 1. The Bertz CT molecular complexity index is 3110. The number of nitrogens with two attached hydrogens (primary N) is 1. The topological polar surface area (TPSA) is 317 Å². The second-order valence-corrected chi connectivity index (χ2v) is 25.5. The quantitative estimate of drug-likeness (QED) is 0.0197. The van der Waals surface area contributed by atoms with Gasteiger partial charge in [-0.15, -0.1) is 0 Å². The Morgan fingerprint density at radius 3 is 1.88 bits per heavy atom. The predicted molar refractivity (Wildman–Crippen MR) is 320 cm³/mol. The number of carboxylic acids is 1. The zero-order chi connectivity index (χ0) is 68.2. The van der Waals surface area contributed by atoms with Crippen molar-refractivity contribution in [2.24, 2.45) is 17.1 Å². The zero-order valence-electron chi connectivity index (χ0n) is 52.2. The van der Waals surface area contributed by atoms with E-state index < -0.39 is 155 Å². The lowest BCUT2D eigenvalue weighted by Gasteiger charge is -2.41. The molecule has 3 aromatic rings.